The summed E-state index contributed by atoms with van der Waals surface area (Å²) in [5.41, 5.74) is 2.08. The lowest BCUT2D eigenvalue weighted by Crippen LogP contribution is -2.46. The summed E-state index contributed by atoms with van der Waals surface area (Å²) in [6.07, 6.45) is 5.92. The van der Waals surface area contributed by atoms with Crippen LogP contribution >= 0.6 is 0 Å². The number of aromatic nitrogens is 2. The first-order valence-corrected chi connectivity index (χ1v) is 9.97. The van der Waals surface area contributed by atoms with Gasteiger partial charge in [0.05, 0.1) is 5.69 Å². The molecule has 2 aliphatic heterocycles. The third-order valence-corrected chi connectivity index (χ3v) is 5.45. The molecule has 0 radical (unpaired) electrons. The van der Waals surface area contributed by atoms with Crippen molar-refractivity contribution in [3.63, 3.8) is 0 Å². The maximum Gasteiger partial charge on any atom is 0.227 e. The van der Waals surface area contributed by atoms with E-state index in [-0.39, 0.29) is 0 Å². The van der Waals surface area contributed by atoms with Crippen molar-refractivity contribution in [1.29, 1.82) is 0 Å². The minimum absolute atomic E-state index is 0.743. The highest BCUT2D eigenvalue weighted by molar-refractivity contribution is 5.65. The van der Waals surface area contributed by atoms with Crippen LogP contribution in [-0.4, -0.2) is 60.5 Å². The monoisotopic (exact) mass is 365 g/mol. The van der Waals surface area contributed by atoms with Crippen LogP contribution in [0.3, 0.4) is 0 Å². The van der Waals surface area contributed by atoms with E-state index in [0.29, 0.717) is 0 Å². The smallest absolute Gasteiger partial charge is 0.227 e. The van der Waals surface area contributed by atoms with Gasteiger partial charge in [0.2, 0.25) is 12.4 Å². The summed E-state index contributed by atoms with van der Waals surface area (Å²) >= 11 is 0. The molecule has 27 heavy (non-hydrogen) atoms. The molecular weight excluding hydrogens is 338 g/mol. The first-order valence-electron chi connectivity index (χ1n) is 9.97. The highest BCUT2D eigenvalue weighted by Gasteiger charge is 2.21. The van der Waals surface area contributed by atoms with Gasteiger partial charge >= 0.3 is 0 Å². The van der Waals surface area contributed by atoms with Gasteiger partial charge in [-0.3, -0.25) is 4.79 Å². The second-order valence-corrected chi connectivity index (χ2v) is 7.31. The van der Waals surface area contributed by atoms with Crippen molar-refractivity contribution in [3.05, 3.63) is 36.4 Å². The Hall–Kier alpha value is -2.63. The van der Waals surface area contributed by atoms with Gasteiger partial charge in [-0.15, -0.1) is 0 Å². The zero-order valence-corrected chi connectivity index (χ0v) is 15.8. The molecule has 2 aliphatic rings. The van der Waals surface area contributed by atoms with Gasteiger partial charge in [-0.25, -0.2) is 4.98 Å². The number of nitrogens with zero attached hydrogens (tertiary/aromatic N) is 5. The Bertz CT molecular complexity index is 750. The van der Waals surface area contributed by atoms with Crippen LogP contribution in [0.15, 0.2) is 36.4 Å². The minimum Gasteiger partial charge on any atom is -0.353 e. The number of anilines is 2. The summed E-state index contributed by atoms with van der Waals surface area (Å²) in [6.45, 7) is 5.15. The maximum absolute atomic E-state index is 11.0. The van der Waals surface area contributed by atoms with Gasteiger partial charge in [-0.2, -0.15) is 4.98 Å². The second-order valence-electron chi connectivity index (χ2n) is 7.31. The fraction of sp³-hybridized carbons (Fsp3) is 0.476. The normalized spacial score (nSPS) is 18.3. The first-order chi connectivity index (χ1) is 13.3. The first kappa shape index (κ1) is 17.8. The van der Waals surface area contributed by atoms with E-state index in [4.69, 9.17) is 9.97 Å². The fourth-order valence-corrected chi connectivity index (χ4v) is 3.81. The van der Waals surface area contributed by atoms with Crippen LogP contribution in [0.2, 0.25) is 0 Å². The summed E-state index contributed by atoms with van der Waals surface area (Å²) < 4.78 is 0. The van der Waals surface area contributed by atoms with Crippen molar-refractivity contribution in [1.82, 2.24) is 14.9 Å². The van der Waals surface area contributed by atoms with Gasteiger partial charge in [-0.05, 0) is 12.8 Å². The number of amides is 1. The standard InChI is InChI=1S/C21H27N5O/c27-17-24-12-14-25(15-13-24)20-16-19(18-8-4-3-5-9-18)22-21(23-20)26-10-6-1-2-7-11-26/h3-5,8-9,16-17H,1-2,6-7,10-15H2. The Morgan fingerprint density at radius 3 is 2.15 bits per heavy atom. The molecule has 1 aromatic carbocycles. The molecule has 3 heterocycles. The Morgan fingerprint density at radius 1 is 0.778 bits per heavy atom. The predicted molar refractivity (Wildman–Crippen MR) is 108 cm³/mol. The molecule has 0 atom stereocenters. The van der Waals surface area contributed by atoms with Gasteiger partial charge in [0, 0.05) is 50.9 Å². The highest BCUT2D eigenvalue weighted by Crippen LogP contribution is 2.26. The van der Waals surface area contributed by atoms with E-state index in [0.717, 1.165) is 68.7 Å². The van der Waals surface area contributed by atoms with E-state index in [1.165, 1.54) is 25.7 Å². The second kappa shape index (κ2) is 8.37. The Kier molecular flexibility index (Phi) is 5.51. The molecule has 2 fully saturated rings. The zero-order valence-electron chi connectivity index (χ0n) is 15.8. The fourth-order valence-electron chi connectivity index (χ4n) is 3.81. The van der Waals surface area contributed by atoms with Gasteiger partial charge in [0.15, 0.2) is 0 Å². The molecule has 1 aromatic heterocycles. The average molecular weight is 365 g/mol. The third kappa shape index (κ3) is 4.21. The minimum atomic E-state index is 0.743. The Balaban J connectivity index is 1.67. The van der Waals surface area contributed by atoms with Crippen molar-refractivity contribution in [3.8, 4) is 11.3 Å². The van der Waals surface area contributed by atoms with Gasteiger partial charge < -0.3 is 14.7 Å². The van der Waals surface area contributed by atoms with Crippen LogP contribution in [0.4, 0.5) is 11.8 Å². The van der Waals surface area contributed by atoms with E-state index in [2.05, 4.69) is 28.0 Å². The van der Waals surface area contributed by atoms with Crippen LogP contribution in [0, 0.1) is 0 Å². The van der Waals surface area contributed by atoms with E-state index < -0.39 is 0 Å². The molecule has 0 unspecified atom stereocenters. The van der Waals surface area contributed by atoms with Crippen molar-refractivity contribution in [2.45, 2.75) is 25.7 Å². The molecule has 142 valence electrons. The van der Waals surface area contributed by atoms with Crippen LogP contribution in [0.5, 0.6) is 0 Å². The summed E-state index contributed by atoms with van der Waals surface area (Å²) in [5.74, 6) is 1.81. The molecule has 2 aromatic rings. The van der Waals surface area contributed by atoms with Crippen LogP contribution in [0.1, 0.15) is 25.7 Å². The lowest BCUT2D eigenvalue weighted by atomic mass is 10.1. The molecule has 1 amide bonds. The third-order valence-electron chi connectivity index (χ3n) is 5.45. The molecule has 0 aliphatic carbocycles. The number of carbonyl (C=O) groups is 1. The molecular formula is C21H27N5O. The number of hydrogen-bond donors (Lipinski definition) is 0. The average Bonchev–Trinajstić information content (AvgIpc) is 3.04. The number of hydrogen-bond acceptors (Lipinski definition) is 5. The zero-order chi connectivity index (χ0) is 18.5. The molecule has 2 saturated heterocycles. The van der Waals surface area contributed by atoms with E-state index >= 15 is 0 Å². The highest BCUT2D eigenvalue weighted by atomic mass is 16.1. The predicted octanol–water partition coefficient (Wildman–Crippen LogP) is 2.80. The van der Waals surface area contributed by atoms with Crippen molar-refractivity contribution >= 4 is 18.2 Å². The number of benzene rings is 1. The van der Waals surface area contributed by atoms with E-state index in [1.807, 2.05) is 23.1 Å². The lowest BCUT2D eigenvalue weighted by Gasteiger charge is -2.34. The largest absolute Gasteiger partial charge is 0.353 e. The SMILES string of the molecule is O=CN1CCN(c2cc(-c3ccccc3)nc(N3CCCCCC3)n2)CC1. The Labute approximate surface area is 160 Å². The van der Waals surface area contributed by atoms with E-state index in [1.54, 1.807) is 0 Å². The molecule has 0 bridgehead atoms. The van der Waals surface area contributed by atoms with Crippen molar-refractivity contribution in [2.24, 2.45) is 0 Å². The van der Waals surface area contributed by atoms with Crippen molar-refractivity contribution < 1.29 is 4.79 Å². The topological polar surface area (TPSA) is 52.6 Å². The summed E-state index contributed by atoms with van der Waals surface area (Å²) in [7, 11) is 0. The van der Waals surface area contributed by atoms with Gasteiger partial charge in [-0.1, -0.05) is 43.2 Å². The number of rotatable bonds is 4. The Morgan fingerprint density at radius 2 is 1.48 bits per heavy atom. The quantitative estimate of drug-likeness (QED) is 0.780. The van der Waals surface area contributed by atoms with Crippen LogP contribution in [-0.2, 0) is 4.79 Å². The van der Waals surface area contributed by atoms with Crippen molar-refractivity contribution in [2.75, 3.05) is 49.1 Å². The number of piperazine rings is 1. The van der Waals surface area contributed by atoms with Crippen LogP contribution < -0.4 is 9.80 Å². The van der Waals surface area contributed by atoms with E-state index in [9.17, 15) is 4.79 Å². The number of carbonyl (C=O) groups excluding carboxylic acids is 1. The summed E-state index contributed by atoms with van der Waals surface area (Å²) in [6, 6.07) is 12.4. The summed E-state index contributed by atoms with van der Waals surface area (Å²) in [4.78, 5) is 27.3. The maximum atomic E-state index is 11.0. The lowest BCUT2D eigenvalue weighted by molar-refractivity contribution is -0.118. The molecule has 0 N–H and O–H groups in total. The molecule has 0 spiro atoms. The summed E-state index contributed by atoms with van der Waals surface area (Å²) in [5, 5.41) is 0. The van der Waals surface area contributed by atoms with Gasteiger partial charge in [0.25, 0.3) is 0 Å². The van der Waals surface area contributed by atoms with Crippen LogP contribution in [0.25, 0.3) is 11.3 Å². The van der Waals surface area contributed by atoms with Gasteiger partial charge in [0.1, 0.15) is 5.82 Å². The molecule has 6 heteroatoms. The molecule has 0 saturated carbocycles. The molecule has 6 nitrogen and oxygen atoms in total. The molecule has 4 rings (SSSR count).